The van der Waals surface area contributed by atoms with E-state index in [9.17, 15) is 4.79 Å². The molecule has 0 saturated carbocycles. The first-order valence-electron chi connectivity index (χ1n) is 16.7. The Balaban J connectivity index is 1.65. The molecule has 0 N–H and O–H groups in total. The third-order valence-corrected chi connectivity index (χ3v) is 6.16. The van der Waals surface area contributed by atoms with Crippen molar-refractivity contribution in [3.63, 3.8) is 0 Å². The maximum Gasteiger partial charge on any atom is 0.159 e. The molecule has 0 aliphatic heterocycles. The Morgan fingerprint density at radius 1 is 0.413 bits per heavy atom. The molecule has 0 bridgehead atoms. The van der Waals surface area contributed by atoms with Crippen molar-refractivity contribution in [3.8, 4) is 5.75 Å². The largest absolute Gasteiger partial charge is 0.491 e. The van der Waals surface area contributed by atoms with Crippen molar-refractivity contribution in [1.82, 2.24) is 0 Å². The maximum atomic E-state index is 11.3. The van der Waals surface area contributed by atoms with Crippen LogP contribution in [-0.4, -0.2) is 145 Å². The first-order chi connectivity index (χ1) is 22.7. The van der Waals surface area contributed by atoms with Gasteiger partial charge in [-0.2, -0.15) is 0 Å². The van der Waals surface area contributed by atoms with Gasteiger partial charge in [0.2, 0.25) is 0 Å². The van der Waals surface area contributed by atoms with Crippen LogP contribution in [0.3, 0.4) is 0 Å². The van der Waals surface area contributed by atoms with E-state index in [0.717, 1.165) is 44.6 Å². The summed E-state index contributed by atoms with van der Waals surface area (Å²) in [6.45, 7) is 15.6. The molecule has 1 aromatic carbocycles. The molecule has 0 atom stereocenters. The second-order valence-corrected chi connectivity index (χ2v) is 10.1. The monoisotopic (exact) mass is 660 g/mol. The first kappa shape index (κ1) is 42.3. The smallest absolute Gasteiger partial charge is 0.159 e. The third kappa shape index (κ3) is 29.7. The minimum absolute atomic E-state index is 0.0473. The van der Waals surface area contributed by atoms with E-state index in [-0.39, 0.29) is 5.78 Å². The van der Waals surface area contributed by atoms with Crippen LogP contribution in [-0.2, 0) is 47.4 Å². The van der Waals surface area contributed by atoms with Gasteiger partial charge in [0.1, 0.15) is 12.4 Å². The quantitative estimate of drug-likeness (QED) is 0.0758. The highest BCUT2D eigenvalue weighted by atomic mass is 16.6. The van der Waals surface area contributed by atoms with Crippen LogP contribution in [0.1, 0.15) is 49.9 Å². The van der Waals surface area contributed by atoms with Gasteiger partial charge >= 0.3 is 0 Å². The minimum Gasteiger partial charge on any atom is -0.491 e. The lowest BCUT2D eigenvalue weighted by atomic mass is 10.1. The van der Waals surface area contributed by atoms with E-state index in [0.29, 0.717) is 131 Å². The zero-order valence-electron chi connectivity index (χ0n) is 28.4. The van der Waals surface area contributed by atoms with Gasteiger partial charge in [0.25, 0.3) is 0 Å². The molecule has 0 aromatic heterocycles. The van der Waals surface area contributed by atoms with E-state index in [1.807, 2.05) is 0 Å². The standard InChI is InChI=1S/C34H60O12/c1-3-11-36-14-16-39-18-20-41-22-24-43-26-28-45-29-27-44-25-23-42-21-19-40-17-15-37-12-5-4-6-13-38-30-31-46-34-9-7-33(8-10-34)32(2)35/h7-10H,3-6,11-31H2,1-2H3. The van der Waals surface area contributed by atoms with Gasteiger partial charge in [-0.25, -0.2) is 0 Å². The number of rotatable bonds is 37. The van der Waals surface area contributed by atoms with Crippen LogP contribution in [0.25, 0.3) is 0 Å². The van der Waals surface area contributed by atoms with Gasteiger partial charge < -0.3 is 52.1 Å². The third-order valence-electron chi connectivity index (χ3n) is 6.16. The Bertz CT molecular complexity index is 765. The molecule has 46 heavy (non-hydrogen) atoms. The predicted molar refractivity (Wildman–Crippen MR) is 174 cm³/mol. The lowest BCUT2D eigenvalue weighted by Crippen LogP contribution is -2.15. The van der Waals surface area contributed by atoms with Crippen molar-refractivity contribution >= 4 is 5.78 Å². The predicted octanol–water partition coefficient (Wildman–Crippen LogP) is 4.01. The van der Waals surface area contributed by atoms with E-state index in [1.54, 1.807) is 31.2 Å². The molecule has 0 amide bonds. The maximum absolute atomic E-state index is 11.3. The Labute approximate surface area is 276 Å². The summed E-state index contributed by atoms with van der Waals surface area (Å²) in [6, 6.07) is 7.14. The van der Waals surface area contributed by atoms with Gasteiger partial charge in [-0.1, -0.05) is 6.92 Å². The Kier molecular flexibility index (Phi) is 31.8. The molecule has 0 radical (unpaired) electrons. The van der Waals surface area contributed by atoms with Crippen molar-refractivity contribution in [1.29, 1.82) is 0 Å². The first-order valence-corrected chi connectivity index (χ1v) is 16.7. The van der Waals surface area contributed by atoms with Gasteiger partial charge in [-0.15, -0.1) is 0 Å². The molecular formula is C34H60O12. The molecule has 0 unspecified atom stereocenters. The van der Waals surface area contributed by atoms with Crippen LogP contribution in [0, 0.1) is 0 Å². The van der Waals surface area contributed by atoms with Gasteiger partial charge in [-0.05, 0) is 56.9 Å². The van der Waals surface area contributed by atoms with Crippen LogP contribution in [0.2, 0.25) is 0 Å². The normalized spacial score (nSPS) is 11.3. The van der Waals surface area contributed by atoms with Gasteiger partial charge in [0.15, 0.2) is 5.78 Å². The average Bonchev–Trinajstić information content (AvgIpc) is 3.06. The molecule has 0 spiro atoms. The van der Waals surface area contributed by atoms with Crippen molar-refractivity contribution in [2.75, 3.05) is 139 Å². The Hall–Kier alpha value is -1.71. The summed E-state index contributed by atoms with van der Waals surface area (Å²) in [6.07, 6.45) is 4.05. The Morgan fingerprint density at radius 3 is 1.04 bits per heavy atom. The van der Waals surface area contributed by atoms with Crippen LogP contribution in [0.4, 0.5) is 0 Å². The fourth-order valence-corrected chi connectivity index (χ4v) is 3.70. The van der Waals surface area contributed by atoms with Gasteiger partial charge in [0.05, 0.1) is 112 Å². The number of ketones is 1. The zero-order chi connectivity index (χ0) is 33.0. The molecule has 1 rings (SSSR count). The SMILES string of the molecule is CCCOCCOCCOCCOCCOCCOCCOCCOCCOCCCCCOCCOc1ccc(C(C)=O)cc1. The molecule has 0 aliphatic rings. The molecule has 12 heteroatoms. The summed E-state index contributed by atoms with van der Waals surface area (Å²) < 4.78 is 60.5. The Morgan fingerprint density at radius 2 is 0.717 bits per heavy atom. The number of hydrogen-bond donors (Lipinski definition) is 0. The number of hydrogen-bond acceptors (Lipinski definition) is 12. The molecule has 0 heterocycles. The van der Waals surface area contributed by atoms with E-state index in [4.69, 9.17) is 52.1 Å². The zero-order valence-corrected chi connectivity index (χ0v) is 28.4. The number of benzene rings is 1. The fraction of sp³-hybridized carbons (Fsp3) is 0.794. The summed E-state index contributed by atoms with van der Waals surface area (Å²) in [5.74, 6) is 0.787. The van der Waals surface area contributed by atoms with Crippen LogP contribution in [0.5, 0.6) is 5.75 Å². The van der Waals surface area contributed by atoms with E-state index < -0.39 is 0 Å². The lowest BCUT2D eigenvalue weighted by Gasteiger charge is -2.09. The van der Waals surface area contributed by atoms with Crippen molar-refractivity contribution in [2.45, 2.75) is 39.5 Å². The number of unbranched alkanes of at least 4 members (excludes halogenated alkanes) is 2. The second kappa shape index (κ2) is 34.6. The lowest BCUT2D eigenvalue weighted by molar-refractivity contribution is -0.0250. The van der Waals surface area contributed by atoms with Crippen molar-refractivity contribution < 1.29 is 56.9 Å². The topological polar surface area (TPSA) is 119 Å². The molecule has 0 saturated heterocycles. The molecular weight excluding hydrogens is 600 g/mol. The van der Waals surface area contributed by atoms with E-state index in [2.05, 4.69) is 6.92 Å². The average molecular weight is 661 g/mol. The summed E-state index contributed by atoms with van der Waals surface area (Å²) >= 11 is 0. The fourth-order valence-electron chi connectivity index (χ4n) is 3.70. The number of ether oxygens (including phenoxy) is 11. The summed E-state index contributed by atoms with van der Waals surface area (Å²) in [7, 11) is 0. The van der Waals surface area contributed by atoms with Gasteiger partial charge in [-0.3, -0.25) is 4.79 Å². The summed E-state index contributed by atoms with van der Waals surface area (Å²) in [4.78, 5) is 11.3. The molecule has 12 nitrogen and oxygen atoms in total. The van der Waals surface area contributed by atoms with Crippen LogP contribution < -0.4 is 4.74 Å². The summed E-state index contributed by atoms with van der Waals surface area (Å²) in [5, 5.41) is 0. The highest BCUT2D eigenvalue weighted by Gasteiger charge is 2.00. The van der Waals surface area contributed by atoms with E-state index >= 15 is 0 Å². The number of Topliss-reactive ketones (excluding diaryl/α,β-unsaturated/α-hetero) is 1. The summed E-state index contributed by atoms with van der Waals surface area (Å²) in [5.41, 5.74) is 0.681. The van der Waals surface area contributed by atoms with Crippen LogP contribution in [0.15, 0.2) is 24.3 Å². The second-order valence-electron chi connectivity index (χ2n) is 10.1. The van der Waals surface area contributed by atoms with Crippen molar-refractivity contribution in [3.05, 3.63) is 29.8 Å². The molecule has 268 valence electrons. The van der Waals surface area contributed by atoms with Crippen LogP contribution >= 0.6 is 0 Å². The molecule has 0 aliphatic carbocycles. The molecule has 1 aromatic rings. The number of carbonyl (C=O) groups excluding carboxylic acids is 1. The minimum atomic E-state index is 0.0473. The van der Waals surface area contributed by atoms with E-state index in [1.165, 1.54) is 0 Å². The number of carbonyl (C=O) groups is 1. The van der Waals surface area contributed by atoms with Crippen molar-refractivity contribution in [2.24, 2.45) is 0 Å². The highest BCUT2D eigenvalue weighted by molar-refractivity contribution is 5.94. The van der Waals surface area contributed by atoms with Gasteiger partial charge in [0, 0.05) is 25.4 Å². The molecule has 0 fully saturated rings. The highest BCUT2D eigenvalue weighted by Crippen LogP contribution is 2.12.